The Balaban J connectivity index is 2.66. The number of guanidine groups is 1. The van der Waals surface area contributed by atoms with Gasteiger partial charge in [0.25, 0.3) is 0 Å². The van der Waals surface area contributed by atoms with Crippen molar-refractivity contribution < 1.29 is 4.74 Å². The van der Waals surface area contributed by atoms with Crippen molar-refractivity contribution in [3.05, 3.63) is 0 Å². The third kappa shape index (κ3) is 3.64. The number of rotatable bonds is 1. The quantitative estimate of drug-likeness (QED) is 0.491. The monoisotopic (exact) mass is 217 g/mol. The molecule has 80 valence electrons. The summed E-state index contributed by atoms with van der Waals surface area (Å²) in [5.74, 6) is 0.725. The predicted molar refractivity (Wildman–Crippen MR) is 59.3 cm³/mol. The molecule has 0 aliphatic carbocycles. The molecule has 5 heteroatoms. The molecule has 0 unspecified atom stereocenters. The Morgan fingerprint density at radius 3 is 2.57 bits per heavy atom. The Morgan fingerprint density at radius 2 is 2.07 bits per heavy atom. The predicted octanol–water partition coefficient (Wildman–Crippen LogP) is 1.35. The maximum Gasteiger partial charge on any atom is 0.221 e. The van der Waals surface area contributed by atoms with E-state index in [0.29, 0.717) is 5.17 Å². The summed E-state index contributed by atoms with van der Waals surface area (Å²) in [5.41, 5.74) is 0. The highest BCUT2D eigenvalue weighted by Crippen LogP contribution is 2.01. The average molecular weight is 218 g/mol. The summed E-state index contributed by atoms with van der Waals surface area (Å²) in [6.45, 7) is 7.62. The van der Waals surface area contributed by atoms with Gasteiger partial charge in [0.05, 0.1) is 13.2 Å². The van der Waals surface area contributed by atoms with Crippen LogP contribution in [0.3, 0.4) is 0 Å². The molecule has 1 aliphatic heterocycles. The van der Waals surface area contributed by atoms with Crippen LogP contribution >= 0.6 is 11.6 Å². The van der Waals surface area contributed by atoms with Crippen molar-refractivity contribution in [2.75, 3.05) is 32.8 Å². The zero-order valence-electron chi connectivity index (χ0n) is 8.66. The Hall–Kier alpha value is -0.610. The molecule has 0 atom stereocenters. The average Bonchev–Trinajstić information content (AvgIpc) is 2.18. The molecule has 0 saturated carbocycles. The first-order valence-electron chi connectivity index (χ1n) is 4.82. The van der Waals surface area contributed by atoms with Gasteiger partial charge >= 0.3 is 0 Å². The van der Waals surface area contributed by atoms with Crippen molar-refractivity contribution >= 4 is 22.7 Å². The molecule has 0 spiro atoms. The summed E-state index contributed by atoms with van der Waals surface area (Å²) in [7, 11) is 0. The zero-order chi connectivity index (χ0) is 10.4. The second-order valence-corrected chi connectivity index (χ2v) is 3.53. The molecule has 1 saturated heterocycles. The van der Waals surface area contributed by atoms with Gasteiger partial charge in [-0.15, -0.1) is 0 Å². The minimum Gasteiger partial charge on any atom is -0.378 e. The van der Waals surface area contributed by atoms with Gasteiger partial charge < -0.3 is 9.64 Å². The highest BCUT2D eigenvalue weighted by atomic mass is 35.5. The summed E-state index contributed by atoms with van der Waals surface area (Å²) in [6.07, 6.45) is 0. The molecule has 1 heterocycles. The van der Waals surface area contributed by atoms with Gasteiger partial charge in [-0.05, 0) is 13.8 Å². The first-order valence-corrected chi connectivity index (χ1v) is 5.19. The van der Waals surface area contributed by atoms with E-state index in [4.69, 9.17) is 16.3 Å². The van der Waals surface area contributed by atoms with Crippen LogP contribution in [0.4, 0.5) is 0 Å². The molecular formula is C9H16ClN3O. The highest BCUT2D eigenvalue weighted by Gasteiger charge is 2.13. The maximum atomic E-state index is 5.74. The lowest BCUT2D eigenvalue weighted by Gasteiger charge is -2.27. The molecular weight excluding hydrogens is 202 g/mol. The van der Waals surface area contributed by atoms with Crippen LogP contribution in [0, 0.1) is 0 Å². The number of hydrogen-bond acceptors (Lipinski definition) is 2. The summed E-state index contributed by atoms with van der Waals surface area (Å²) >= 11 is 5.74. The molecule has 0 bridgehead atoms. The van der Waals surface area contributed by atoms with E-state index in [0.717, 1.165) is 38.8 Å². The fourth-order valence-electron chi connectivity index (χ4n) is 1.25. The van der Waals surface area contributed by atoms with Crippen LogP contribution in [0.2, 0.25) is 0 Å². The van der Waals surface area contributed by atoms with Crippen molar-refractivity contribution in [1.29, 1.82) is 0 Å². The Morgan fingerprint density at radius 1 is 1.43 bits per heavy atom. The zero-order valence-corrected chi connectivity index (χ0v) is 9.42. The lowest BCUT2D eigenvalue weighted by atomic mass is 10.4. The smallest absolute Gasteiger partial charge is 0.221 e. The van der Waals surface area contributed by atoms with E-state index in [1.807, 2.05) is 6.92 Å². The molecule has 0 aromatic heterocycles. The number of aliphatic imine (C=N–C) groups is 2. The fourth-order valence-corrected chi connectivity index (χ4v) is 1.32. The van der Waals surface area contributed by atoms with Crippen LogP contribution in [0.15, 0.2) is 9.98 Å². The number of ether oxygens (including phenoxy) is 1. The summed E-state index contributed by atoms with van der Waals surface area (Å²) in [6, 6.07) is 0. The van der Waals surface area contributed by atoms with E-state index in [-0.39, 0.29) is 0 Å². The summed E-state index contributed by atoms with van der Waals surface area (Å²) in [5, 5.41) is 0.517. The van der Waals surface area contributed by atoms with Crippen LogP contribution in [-0.2, 0) is 4.74 Å². The van der Waals surface area contributed by atoms with E-state index >= 15 is 0 Å². The largest absolute Gasteiger partial charge is 0.378 e. The molecule has 1 aliphatic rings. The van der Waals surface area contributed by atoms with Gasteiger partial charge in [0.1, 0.15) is 5.17 Å². The van der Waals surface area contributed by atoms with E-state index in [2.05, 4.69) is 14.9 Å². The minimum atomic E-state index is 0.517. The van der Waals surface area contributed by atoms with E-state index in [1.165, 1.54) is 0 Å². The topological polar surface area (TPSA) is 37.2 Å². The first-order chi connectivity index (χ1) is 6.74. The minimum absolute atomic E-state index is 0.517. The van der Waals surface area contributed by atoms with Crippen LogP contribution in [0.1, 0.15) is 13.8 Å². The van der Waals surface area contributed by atoms with Crippen molar-refractivity contribution in [1.82, 2.24) is 4.90 Å². The summed E-state index contributed by atoms with van der Waals surface area (Å²) < 4.78 is 5.25. The Labute approximate surface area is 89.6 Å². The van der Waals surface area contributed by atoms with Gasteiger partial charge in [0, 0.05) is 19.6 Å². The van der Waals surface area contributed by atoms with E-state index in [9.17, 15) is 0 Å². The lowest BCUT2D eigenvalue weighted by molar-refractivity contribution is 0.0675. The lowest BCUT2D eigenvalue weighted by Crippen LogP contribution is -2.40. The van der Waals surface area contributed by atoms with E-state index < -0.39 is 0 Å². The molecule has 0 amide bonds. The van der Waals surface area contributed by atoms with Crippen LogP contribution < -0.4 is 0 Å². The molecule has 1 fully saturated rings. The molecule has 0 radical (unpaired) electrons. The van der Waals surface area contributed by atoms with Gasteiger partial charge in [0.15, 0.2) is 0 Å². The fraction of sp³-hybridized carbons (Fsp3) is 0.778. The number of hydrogen-bond donors (Lipinski definition) is 0. The molecule has 0 aromatic carbocycles. The van der Waals surface area contributed by atoms with Gasteiger partial charge in [-0.2, -0.15) is 0 Å². The molecule has 4 nitrogen and oxygen atoms in total. The molecule has 14 heavy (non-hydrogen) atoms. The van der Waals surface area contributed by atoms with Gasteiger partial charge in [0.2, 0.25) is 5.96 Å². The van der Waals surface area contributed by atoms with Gasteiger partial charge in [-0.3, -0.25) is 4.99 Å². The van der Waals surface area contributed by atoms with Crippen LogP contribution in [0.25, 0.3) is 0 Å². The maximum absolute atomic E-state index is 5.74. The van der Waals surface area contributed by atoms with Gasteiger partial charge in [-0.1, -0.05) is 11.6 Å². The molecule has 0 aromatic rings. The SMILES string of the molecule is CCN=C(N=C(C)Cl)N1CCOCC1. The number of morpholine rings is 1. The number of nitrogens with zero attached hydrogens (tertiary/aromatic N) is 3. The molecule has 0 N–H and O–H groups in total. The standard InChI is InChI=1S/C9H16ClN3O/c1-3-11-9(12-8(2)10)13-4-6-14-7-5-13/h3-7H2,1-2H3. The third-order valence-corrected chi connectivity index (χ3v) is 1.93. The highest BCUT2D eigenvalue weighted by molar-refractivity contribution is 6.65. The van der Waals surface area contributed by atoms with E-state index in [1.54, 1.807) is 6.92 Å². The molecule has 1 rings (SSSR count). The number of halogens is 1. The second kappa shape index (κ2) is 5.98. The Kier molecular flexibility index (Phi) is 4.90. The first kappa shape index (κ1) is 11.5. The van der Waals surface area contributed by atoms with Crippen molar-refractivity contribution in [2.45, 2.75) is 13.8 Å². The van der Waals surface area contributed by atoms with Gasteiger partial charge in [-0.25, -0.2) is 4.99 Å². The van der Waals surface area contributed by atoms with Crippen LogP contribution in [-0.4, -0.2) is 48.9 Å². The van der Waals surface area contributed by atoms with Crippen LogP contribution in [0.5, 0.6) is 0 Å². The normalized spacial score (nSPS) is 20.1. The Bertz CT molecular complexity index is 230. The van der Waals surface area contributed by atoms with Crippen molar-refractivity contribution in [2.24, 2.45) is 9.98 Å². The van der Waals surface area contributed by atoms with Crippen molar-refractivity contribution in [3.63, 3.8) is 0 Å². The van der Waals surface area contributed by atoms with Crippen molar-refractivity contribution in [3.8, 4) is 0 Å². The second-order valence-electron chi connectivity index (χ2n) is 2.98. The third-order valence-electron chi connectivity index (χ3n) is 1.85. The summed E-state index contributed by atoms with van der Waals surface area (Å²) in [4.78, 5) is 10.6.